The molecule has 0 bridgehead atoms. The van der Waals surface area contributed by atoms with Crippen LogP contribution in [0.1, 0.15) is 31.0 Å². The van der Waals surface area contributed by atoms with Gasteiger partial charge in [-0.3, -0.25) is 9.78 Å². The molecule has 1 unspecified atom stereocenters. The normalized spacial score (nSPS) is 20.7. The summed E-state index contributed by atoms with van der Waals surface area (Å²) in [5, 5.41) is 9.02. The summed E-state index contributed by atoms with van der Waals surface area (Å²) in [6.45, 7) is 4.75. The molecular formula is C19H20N4O2S. The van der Waals surface area contributed by atoms with Crippen LogP contribution in [0, 0.1) is 5.41 Å². The van der Waals surface area contributed by atoms with Crippen molar-refractivity contribution in [3.8, 4) is 11.5 Å². The van der Waals surface area contributed by atoms with Gasteiger partial charge < -0.3 is 9.84 Å². The first-order chi connectivity index (χ1) is 12.5. The van der Waals surface area contributed by atoms with E-state index in [1.165, 1.54) is 0 Å². The van der Waals surface area contributed by atoms with Crippen LogP contribution >= 0.6 is 11.3 Å². The van der Waals surface area contributed by atoms with Gasteiger partial charge in [-0.2, -0.15) is 4.98 Å². The lowest BCUT2D eigenvalue weighted by Gasteiger charge is -2.18. The summed E-state index contributed by atoms with van der Waals surface area (Å²) in [5.41, 5.74) is 0.246. The van der Waals surface area contributed by atoms with Crippen LogP contribution in [0.4, 0.5) is 0 Å². The lowest BCUT2D eigenvalue weighted by atomic mass is 9.93. The van der Waals surface area contributed by atoms with Gasteiger partial charge in [-0.1, -0.05) is 31.1 Å². The molecular weight excluding hydrogens is 348 g/mol. The van der Waals surface area contributed by atoms with Crippen LogP contribution in [0.2, 0.25) is 0 Å². The van der Waals surface area contributed by atoms with Crippen molar-refractivity contribution in [1.29, 1.82) is 0 Å². The van der Waals surface area contributed by atoms with E-state index in [0.29, 0.717) is 30.4 Å². The number of amides is 1. The minimum absolute atomic E-state index is 0.0153. The van der Waals surface area contributed by atoms with Crippen molar-refractivity contribution in [2.75, 3.05) is 6.54 Å². The Bertz CT molecular complexity index is 905. The summed E-state index contributed by atoms with van der Waals surface area (Å²) in [7, 11) is 0. The van der Waals surface area contributed by atoms with E-state index >= 15 is 0 Å². The monoisotopic (exact) mass is 368 g/mol. The van der Waals surface area contributed by atoms with Crippen molar-refractivity contribution >= 4 is 17.2 Å². The largest absolute Gasteiger partial charge is 0.355 e. The third-order valence-corrected chi connectivity index (χ3v) is 6.09. The Labute approximate surface area is 155 Å². The molecule has 26 heavy (non-hydrogen) atoms. The molecule has 0 aliphatic heterocycles. The van der Waals surface area contributed by atoms with E-state index < -0.39 is 5.41 Å². The number of carbonyl (C=O) groups excluding carboxylic acids is 1. The van der Waals surface area contributed by atoms with Gasteiger partial charge in [0.15, 0.2) is 0 Å². The Morgan fingerprint density at radius 2 is 2.15 bits per heavy atom. The maximum atomic E-state index is 12.9. The Balaban J connectivity index is 1.38. The van der Waals surface area contributed by atoms with Crippen LogP contribution < -0.4 is 5.32 Å². The summed E-state index contributed by atoms with van der Waals surface area (Å²) in [4.78, 5) is 22.6. The third kappa shape index (κ3) is 2.82. The predicted molar refractivity (Wildman–Crippen MR) is 98.6 cm³/mol. The predicted octanol–water partition coefficient (Wildman–Crippen LogP) is 3.22. The molecule has 1 fully saturated rings. The van der Waals surface area contributed by atoms with Gasteiger partial charge in [0.2, 0.25) is 17.6 Å². The van der Waals surface area contributed by atoms with E-state index in [-0.39, 0.29) is 11.3 Å². The summed E-state index contributed by atoms with van der Waals surface area (Å²) < 4.78 is 5.26. The highest BCUT2D eigenvalue weighted by atomic mass is 32.1. The van der Waals surface area contributed by atoms with E-state index in [2.05, 4.69) is 40.4 Å². The molecule has 6 nitrogen and oxygen atoms in total. The van der Waals surface area contributed by atoms with E-state index in [1.807, 2.05) is 29.6 Å². The number of aromatic nitrogens is 3. The maximum Gasteiger partial charge on any atom is 0.232 e. The van der Waals surface area contributed by atoms with Gasteiger partial charge in [0.05, 0.1) is 5.41 Å². The fourth-order valence-corrected chi connectivity index (χ4v) is 4.55. The molecule has 1 saturated carbocycles. The lowest BCUT2D eigenvalue weighted by molar-refractivity contribution is -0.124. The summed E-state index contributed by atoms with van der Waals surface area (Å²) in [6.07, 6.45) is 3.05. The van der Waals surface area contributed by atoms with Crippen LogP contribution in [0.25, 0.3) is 11.5 Å². The molecule has 3 heterocycles. The zero-order chi connectivity index (χ0) is 18.2. The van der Waals surface area contributed by atoms with Crippen molar-refractivity contribution in [2.45, 2.75) is 32.1 Å². The quantitative estimate of drug-likeness (QED) is 0.722. The molecule has 0 saturated heterocycles. The van der Waals surface area contributed by atoms with Crippen molar-refractivity contribution in [3.63, 3.8) is 0 Å². The standard InChI is InChI=1S/C19H20N4O2S/c1-18(2)12-19(18,14-7-5-11-26-14)17(24)21-10-8-15-22-16(23-25-15)13-6-3-4-9-20-13/h3-7,9,11H,8,10,12H2,1-2H3,(H,21,24). The number of nitrogens with one attached hydrogen (secondary N) is 1. The maximum absolute atomic E-state index is 12.9. The van der Waals surface area contributed by atoms with E-state index in [0.717, 1.165) is 11.3 Å². The van der Waals surface area contributed by atoms with Crippen LogP contribution in [-0.2, 0) is 16.6 Å². The number of hydrogen-bond donors (Lipinski definition) is 1. The molecule has 1 atom stereocenters. The van der Waals surface area contributed by atoms with Crippen LogP contribution in [-0.4, -0.2) is 27.6 Å². The van der Waals surface area contributed by atoms with E-state index in [9.17, 15) is 4.79 Å². The molecule has 0 radical (unpaired) electrons. The van der Waals surface area contributed by atoms with Gasteiger partial charge in [-0.25, -0.2) is 0 Å². The summed E-state index contributed by atoms with van der Waals surface area (Å²) in [5.74, 6) is 1.03. The summed E-state index contributed by atoms with van der Waals surface area (Å²) >= 11 is 1.65. The van der Waals surface area contributed by atoms with Gasteiger partial charge in [-0.15, -0.1) is 11.3 Å². The van der Waals surface area contributed by atoms with Crippen molar-refractivity contribution in [2.24, 2.45) is 5.41 Å². The highest BCUT2D eigenvalue weighted by Crippen LogP contribution is 2.65. The van der Waals surface area contributed by atoms with Gasteiger partial charge in [0.25, 0.3) is 0 Å². The fourth-order valence-electron chi connectivity index (χ4n) is 3.45. The Morgan fingerprint density at radius 3 is 2.81 bits per heavy atom. The number of carbonyl (C=O) groups is 1. The van der Waals surface area contributed by atoms with Gasteiger partial charge >= 0.3 is 0 Å². The SMILES string of the molecule is CC1(C)CC1(C(=O)NCCc1nc(-c2ccccn2)no1)c1cccs1. The molecule has 0 aromatic carbocycles. The molecule has 3 aromatic rings. The Morgan fingerprint density at radius 1 is 1.31 bits per heavy atom. The van der Waals surface area contributed by atoms with Crippen LogP contribution in [0.5, 0.6) is 0 Å². The number of hydrogen-bond acceptors (Lipinski definition) is 6. The van der Waals surface area contributed by atoms with Crippen LogP contribution in [0.15, 0.2) is 46.4 Å². The first-order valence-electron chi connectivity index (χ1n) is 8.59. The molecule has 1 aliphatic rings. The number of rotatable bonds is 6. The van der Waals surface area contributed by atoms with E-state index in [4.69, 9.17) is 4.52 Å². The van der Waals surface area contributed by atoms with Crippen LogP contribution in [0.3, 0.4) is 0 Å². The second-order valence-corrected chi connectivity index (χ2v) is 8.12. The first kappa shape index (κ1) is 16.9. The first-order valence-corrected chi connectivity index (χ1v) is 9.47. The summed E-state index contributed by atoms with van der Waals surface area (Å²) in [6, 6.07) is 9.59. The molecule has 1 amide bonds. The second-order valence-electron chi connectivity index (χ2n) is 7.18. The van der Waals surface area contributed by atoms with Crippen molar-refractivity contribution in [3.05, 3.63) is 52.7 Å². The number of nitrogens with zero attached hydrogens (tertiary/aromatic N) is 3. The highest BCUT2D eigenvalue weighted by molar-refractivity contribution is 7.10. The Hall–Kier alpha value is -2.54. The van der Waals surface area contributed by atoms with Gasteiger partial charge in [-0.05, 0) is 35.4 Å². The second kappa shape index (κ2) is 6.32. The molecule has 0 spiro atoms. The minimum atomic E-state index is -0.408. The zero-order valence-electron chi connectivity index (χ0n) is 14.7. The topological polar surface area (TPSA) is 80.9 Å². The molecule has 1 N–H and O–H groups in total. The van der Waals surface area contributed by atoms with Gasteiger partial charge in [0.1, 0.15) is 5.69 Å². The minimum Gasteiger partial charge on any atom is -0.355 e. The zero-order valence-corrected chi connectivity index (χ0v) is 15.5. The number of thiophene rings is 1. The Kier molecular flexibility index (Phi) is 4.11. The van der Waals surface area contributed by atoms with Crippen molar-refractivity contribution in [1.82, 2.24) is 20.4 Å². The van der Waals surface area contributed by atoms with Gasteiger partial charge in [0, 0.05) is 24.0 Å². The fraction of sp³-hybridized carbons (Fsp3) is 0.368. The molecule has 134 valence electrons. The van der Waals surface area contributed by atoms with Crippen molar-refractivity contribution < 1.29 is 9.32 Å². The lowest BCUT2D eigenvalue weighted by Crippen LogP contribution is -2.38. The molecule has 7 heteroatoms. The highest BCUT2D eigenvalue weighted by Gasteiger charge is 2.67. The average Bonchev–Trinajstić information content (AvgIpc) is 3.09. The van der Waals surface area contributed by atoms with E-state index in [1.54, 1.807) is 17.5 Å². The molecule has 4 rings (SSSR count). The smallest absolute Gasteiger partial charge is 0.232 e. The molecule has 3 aromatic heterocycles. The molecule has 1 aliphatic carbocycles. The number of pyridine rings is 1. The third-order valence-electron chi connectivity index (χ3n) is 5.05. The average molecular weight is 368 g/mol.